The van der Waals surface area contributed by atoms with Gasteiger partial charge in [-0.2, -0.15) is 0 Å². The summed E-state index contributed by atoms with van der Waals surface area (Å²) < 4.78 is 4.71. The molecule has 1 aromatic carbocycles. The number of hydrogen-bond acceptors (Lipinski definition) is 3. The van der Waals surface area contributed by atoms with Gasteiger partial charge < -0.3 is 15.5 Å². The van der Waals surface area contributed by atoms with E-state index in [-0.39, 0.29) is 5.97 Å². The van der Waals surface area contributed by atoms with Gasteiger partial charge in [0.1, 0.15) is 6.04 Å². The first-order chi connectivity index (χ1) is 10.0. The molecule has 0 bridgehead atoms. The standard InChI is InChI=1S/C17H24N2O2/c1-11(2)7-8-12-5-4-6-15-16(12)13(10-19-15)9-14(18)17(20)21-3/h4-6,10-11,14,19H,7-9,18H2,1-3H3. The lowest BCUT2D eigenvalue weighted by molar-refractivity contribution is -0.142. The summed E-state index contributed by atoms with van der Waals surface area (Å²) in [5.74, 6) is 0.295. The first kappa shape index (κ1) is 15.6. The maximum absolute atomic E-state index is 11.5. The highest BCUT2D eigenvalue weighted by atomic mass is 16.5. The summed E-state index contributed by atoms with van der Waals surface area (Å²) in [4.78, 5) is 14.8. The fourth-order valence-electron chi connectivity index (χ4n) is 2.62. The molecule has 0 radical (unpaired) electrons. The largest absolute Gasteiger partial charge is 0.468 e. The lowest BCUT2D eigenvalue weighted by atomic mass is 9.96. The highest BCUT2D eigenvalue weighted by molar-refractivity contribution is 5.87. The molecule has 0 amide bonds. The van der Waals surface area contributed by atoms with Gasteiger partial charge in [0.15, 0.2) is 0 Å². The van der Waals surface area contributed by atoms with Gasteiger partial charge >= 0.3 is 5.97 Å². The number of carbonyl (C=O) groups is 1. The van der Waals surface area contributed by atoms with Crippen LogP contribution in [0.2, 0.25) is 0 Å². The summed E-state index contributed by atoms with van der Waals surface area (Å²) in [5.41, 5.74) is 9.39. The predicted octanol–water partition coefficient (Wildman–Crippen LogP) is 2.80. The Morgan fingerprint density at radius 1 is 1.33 bits per heavy atom. The first-order valence-electron chi connectivity index (χ1n) is 7.44. The highest BCUT2D eigenvalue weighted by Gasteiger charge is 2.17. The Labute approximate surface area is 125 Å². The molecule has 114 valence electrons. The molecule has 0 saturated heterocycles. The minimum Gasteiger partial charge on any atom is -0.468 e. The molecule has 0 fully saturated rings. The maximum atomic E-state index is 11.5. The third kappa shape index (κ3) is 3.64. The topological polar surface area (TPSA) is 68.1 Å². The van der Waals surface area contributed by atoms with Crippen LogP contribution in [-0.4, -0.2) is 24.1 Å². The van der Waals surface area contributed by atoms with E-state index in [1.165, 1.54) is 18.1 Å². The van der Waals surface area contributed by atoms with Crippen LogP contribution in [0.3, 0.4) is 0 Å². The Balaban J connectivity index is 2.29. The van der Waals surface area contributed by atoms with E-state index in [1.54, 1.807) is 0 Å². The van der Waals surface area contributed by atoms with Gasteiger partial charge in [0, 0.05) is 23.5 Å². The molecule has 4 nitrogen and oxygen atoms in total. The van der Waals surface area contributed by atoms with Crippen LogP contribution in [0.15, 0.2) is 24.4 Å². The van der Waals surface area contributed by atoms with Crippen molar-refractivity contribution >= 4 is 16.9 Å². The van der Waals surface area contributed by atoms with Crippen molar-refractivity contribution < 1.29 is 9.53 Å². The van der Waals surface area contributed by atoms with Crippen molar-refractivity contribution in [2.75, 3.05) is 7.11 Å². The van der Waals surface area contributed by atoms with Crippen molar-refractivity contribution in [3.05, 3.63) is 35.5 Å². The van der Waals surface area contributed by atoms with Crippen molar-refractivity contribution in [1.82, 2.24) is 4.98 Å². The van der Waals surface area contributed by atoms with Gasteiger partial charge in [-0.25, -0.2) is 0 Å². The quantitative estimate of drug-likeness (QED) is 0.803. The number of esters is 1. The Bertz CT molecular complexity index is 616. The van der Waals surface area contributed by atoms with E-state index >= 15 is 0 Å². The molecule has 2 rings (SSSR count). The maximum Gasteiger partial charge on any atom is 0.322 e. The van der Waals surface area contributed by atoms with Gasteiger partial charge in [0.25, 0.3) is 0 Å². The number of H-pyrrole nitrogens is 1. The minimum absolute atomic E-state index is 0.371. The minimum atomic E-state index is -0.618. The molecule has 0 saturated carbocycles. The van der Waals surface area contributed by atoms with E-state index in [0.717, 1.165) is 23.9 Å². The molecule has 2 aromatic rings. The zero-order valence-electron chi connectivity index (χ0n) is 13.0. The number of benzene rings is 1. The van der Waals surface area contributed by atoms with Crippen LogP contribution in [0, 0.1) is 5.92 Å². The van der Waals surface area contributed by atoms with Gasteiger partial charge in [-0.3, -0.25) is 4.79 Å². The van der Waals surface area contributed by atoms with Crippen LogP contribution >= 0.6 is 0 Å². The number of ether oxygens (including phenoxy) is 1. The molecule has 0 spiro atoms. The number of aryl methyl sites for hydroxylation is 1. The van der Waals surface area contributed by atoms with Crippen LogP contribution < -0.4 is 5.73 Å². The fourth-order valence-corrected chi connectivity index (χ4v) is 2.62. The molecule has 1 unspecified atom stereocenters. The van der Waals surface area contributed by atoms with Crippen LogP contribution in [-0.2, 0) is 22.4 Å². The number of rotatable bonds is 6. The second-order valence-corrected chi connectivity index (χ2v) is 5.92. The monoisotopic (exact) mass is 288 g/mol. The summed E-state index contributed by atoms with van der Waals surface area (Å²) in [5, 5.41) is 1.21. The zero-order chi connectivity index (χ0) is 15.4. The molecule has 1 heterocycles. The van der Waals surface area contributed by atoms with Crippen LogP contribution in [0.5, 0.6) is 0 Å². The van der Waals surface area contributed by atoms with E-state index in [4.69, 9.17) is 10.5 Å². The average Bonchev–Trinajstić information content (AvgIpc) is 2.87. The molecule has 1 aromatic heterocycles. The molecule has 0 aliphatic rings. The lowest BCUT2D eigenvalue weighted by Crippen LogP contribution is -2.33. The van der Waals surface area contributed by atoms with Crippen molar-refractivity contribution in [2.24, 2.45) is 11.7 Å². The number of nitrogens with one attached hydrogen (secondary N) is 1. The molecular weight excluding hydrogens is 264 g/mol. The predicted molar refractivity (Wildman–Crippen MR) is 85.2 cm³/mol. The second kappa shape index (κ2) is 6.76. The van der Waals surface area contributed by atoms with E-state index in [1.807, 2.05) is 6.20 Å². The van der Waals surface area contributed by atoms with Gasteiger partial charge in [-0.15, -0.1) is 0 Å². The molecule has 4 heteroatoms. The van der Waals surface area contributed by atoms with Crippen molar-refractivity contribution in [3.63, 3.8) is 0 Å². The van der Waals surface area contributed by atoms with E-state index in [9.17, 15) is 4.79 Å². The Kier molecular flexibility index (Phi) is 5.02. The second-order valence-electron chi connectivity index (χ2n) is 5.92. The number of aromatic nitrogens is 1. The van der Waals surface area contributed by atoms with E-state index in [0.29, 0.717) is 12.3 Å². The number of nitrogens with two attached hydrogens (primary N) is 1. The van der Waals surface area contributed by atoms with Gasteiger partial charge in [0.2, 0.25) is 0 Å². The van der Waals surface area contributed by atoms with Gasteiger partial charge in [-0.1, -0.05) is 26.0 Å². The molecular formula is C17H24N2O2. The molecule has 3 N–H and O–H groups in total. The summed E-state index contributed by atoms with van der Waals surface area (Å²) in [6, 6.07) is 5.66. The number of fused-ring (bicyclic) bond motifs is 1. The molecule has 1 atom stereocenters. The van der Waals surface area contributed by atoms with Crippen LogP contribution in [0.25, 0.3) is 10.9 Å². The summed E-state index contributed by atoms with van der Waals surface area (Å²) in [6.45, 7) is 4.46. The average molecular weight is 288 g/mol. The van der Waals surface area contributed by atoms with Crippen LogP contribution in [0.1, 0.15) is 31.4 Å². The molecule has 21 heavy (non-hydrogen) atoms. The number of hydrogen-bond donors (Lipinski definition) is 2. The zero-order valence-corrected chi connectivity index (χ0v) is 13.0. The van der Waals surface area contributed by atoms with Crippen molar-refractivity contribution in [3.8, 4) is 0 Å². The summed E-state index contributed by atoms with van der Waals surface area (Å²) in [7, 11) is 1.37. The van der Waals surface area contributed by atoms with E-state index < -0.39 is 6.04 Å². The third-order valence-electron chi connectivity index (χ3n) is 3.81. The fraction of sp³-hybridized carbons (Fsp3) is 0.471. The summed E-state index contributed by atoms with van der Waals surface area (Å²) >= 11 is 0. The number of aromatic amines is 1. The molecule has 0 aliphatic carbocycles. The Morgan fingerprint density at radius 2 is 2.10 bits per heavy atom. The number of carbonyl (C=O) groups excluding carboxylic acids is 1. The first-order valence-corrected chi connectivity index (χ1v) is 7.44. The molecule has 0 aliphatic heterocycles. The van der Waals surface area contributed by atoms with Gasteiger partial charge in [0.05, 0.1) is 7.11 Å². The van der Waals surface area contributed by atoms with Gasteiger partial charge in [-0.05, 0) is 36.0 Å². The Morgan fingerprint density at radius 3 is 2.76 bits per heavy atom. The number of methoxy groups -OCH3 is 1. The van der Waals surface area contributed by atoms with Crippen LogP contribution in [0.4, 0.5) is 0 Å². The lowest BCUT2D eigenvalue weighted by Gasteiger charge is -2.11. The summed E-state index contributed by atoms with van der Waals surface area (Å²) in [6.07, 6.45) is 4.62. The SMILES string of the molecule is COC(=O)C(N)Cc1c[nH]c2cccc(CCC(C)C)c12. The highest BCUT2D eigenvalue weighted by Crippen LogP contribution is 2.25. The van der Waals surface area contributed by atoms with Crippen molar-refractivity contribution in [2.45, 2.75) is 39.2 Å². The van der Waals surface area contributed by atoms with Crippen molar-refractivity contribution in [1.29, 1.82) is 0 Å². The van der Waals surface area contributed by atoms with E-state index in [2.05, 4.69) is 37.0 Å². The third-order valence-corrected chi connectivity index (χ3v) is 3.81. The normalized spacial score (nSPS) is 12.8. The smallest absolute Gasteiger partial charge is 0.322 e. The Hall–Kier alpha value is -1.81.